The Labute approximate surface area is 121 Å². The summed E-state index contributed by atoms with van der Waals surface area (Å²) in [6.07, 6.45) is 0. The summed E-state index contributed by atoms with van der Waals surface area (Å²) < 4.78 is 10.6. The fourth-order valence-electron chi connectivity index (χ4n) is 1.66. The van der Waals surface area contributed by atoms with Crippen LogP contribution in [0.15, 0.2) is 23.6 Å². The number of hydrogen-bond donors (Lipinski definition) is 1. The fraction of sp³-hybridized carbons (Fsp3) is 0.286. The van der Waals surface area contributed by atoms with E-state index in [1.807, 2.05) is 19.2 Å². The summed E-state index contributed by atoms with van der Waals surface area (Å²) in [5.41, 5.74) is 1.38. The number of methoxy groups -OCH3 is 1. The van der Waals surface area contributed by atoms with E-state index in [9.17, 15) is 4.79 Å². The van der Waals surface area contributed by atoms with Gasteiger partial charge in [-0.05, 0) is 32.0 Å². The molecule has 0 aliphatic rings. The second-order valence-corrected chi connectivity index (χ2v) is 4.90. The number of aryl methyl sites for hydroxylation is 1. The zero-order valence-corrected chi connectivity index (χ0v) is 12.4. The van der Waals surface area contributed by atoms with Crippen molar-refractivity contribution in [1.29, 1.82) is 0 Å². The number of anilines is 1. The summed E-state index contributed by atoms with van der Waals surface area (Å²) in [5.74, 6) is 0.937. The molecule has 2 aromatic rings. The van der Waals surface area contributed by atoms with Gasteiger partial charge in [-0.1, -0.05) is 0 Å². The Bertz CT molecular complexity index is 610. The number of amides is 1. The number of ether oxygens (including phenoxy) is 2. The molecule has 0 fully saturated rings. The maximum atomic E-state index is 12.1. The first kappa shape index (κ1) is 14.3. The summed E-state index contributed by atoms with van der Waals surface area (Å²) >= 11 is 1.39. The van der Waals surface area contributed by atoms with Crippen LogP contribution in [0, 0.1) is 6.92 Å². The van der Waals surface area contributed by atoms with Crippen molar-refractivity contribution in [3.05, 3.63) is 34.8 Å². The van der Waals surface area contributed by atoms with Crippen LogP contribution < -0.4 is 14.8 Å². The summed E-state index contributed by atoms with van der Waals surface area (Å²) in [4.78, 5) is 16.3. The highest BCUT2D eigenvalue weighted by atomic mass is 32.1. The summed E-state index contributed by atoms with van der Waals surface area (Å²) in [6, 6.07) is 5.08. The van der Waals surface area contributed by atoms with Gasteiger partial charge in [0.1, 0.15) is 0 Å². The van der Waals surface area contributed by atoms with Gasteiger partial charge in [0.05, 0.1) is 19.4 Å². The minimum Gasteiger partial charge on any atom is -0.493 e. The first-order chi connectivity index (χ1) is 9.63. The molecule has 0 aliphatic carbocycles. The number of nitrogens with one attached hydrogen (secondary N) is 1. The highest BCUT2D eigenvalue weighted by molar-refractivity contribution is 7.13. The number of thiazole rings is 1. The Morgan fingerprint density at radius 3 is 2.80 bits per heavy atom. The van der Waals surface area contributed by atoms with Crippen LogP contribution in [0.1, 0.15) is 23.0 Å². The predicted octanol–water partition coefficient (Wildman–Crippen LogP) is 3.11. The van der Waals surface area contributed by atoms with Gasteiger partial charge in [0.15, 0.2) is 16.6 Å². The number of carbonyl (C=O) groups is 1. The molecular formula is C14H16N2O3S. The molecule has 0 saturated carbocycles. The molecule has 0 unspecified atom stereocenters. The molecule has 0 atom stereocenters. The average molecular weight is 292 g/mol. The molecule has 0 radical (unpaired) electrons. The van der Waals surface area contributed by atoms with E-state index >= 15 is 0 Å². The lowest BCUT2D eigenvalue weighted by Crippen LogP contribution is -2.12. The van der Waals surface area contributed by atoms with Crippen molar-refractivity contribution >= 4 is 22.4 Å². The van der Waals surface area contributed by atoms with E-state index in [4.69, 9.17) is 9.47 Å². The second kappa shape index (κ2) is 6.38. The van der Waals surface area contributed by atoms with Crippen molar-refractivity contribution in [2.75, 3.05) is 19.0 Å². The van der Waals surface area contributed by atoms with Crippen LogP contribution in [0.2, 0.25) is 0 Å². The molecule has 1 amide bonds. The lowest BCUT2D eigenvalue weighted by atomic mass is 10.2. The smallest absolute Gasteiger partial charge is 0.257 e. The minimum absolute atomic E-state index is 0.222. The van der Waals surface area contributed by atoms with E-state index in [0.29, 0.717) is 28.8 Å². The van der Waals surface area contributed by atoms with Gasteiger partial charge in [0.25, 0.3) is 5.91 Å². The van der Waals surface area contributed by atoms with Crippen LogP contribution >= 0.6 is 11.3 Å². The van der Waals surface area contributed by atoms with Crippen molar-refractivity contribution in [3.63, 3.8) is 0 Å². The first-order valence-electron chi connectivity index (χ1n) is 6.18. The molecule has 0 aliphatic heterocycles. The normalized spacial score (nSPS) is 10.2. The quantitative estimate of drug-likeness (QED) is 0.920. The molecular weight excluding hydrogens is 276 g/mol. The third-order valence-corrected chi connectivity index (χ3v) is 3.44. The molecule has 2 rings (SSSR count). The molecule has 106 valence electrons. The minimum atomic E-state index is -0.222. The zero-order valence-electron chi connectivity index (χ0n) is 11.6. The Morgan fingerprint density at radius 2 is 2.20 bits per heavy atom. The molecule has 0 spiro atoms. The fourth-order valence-corrected chi connectivity index (χ4v) is 2.35. The van der Waals surface area contributed by atoms with Crippen LogP contribution in [0.4, 0.5) is 5.13 Å². The molecule has 1 N–H and O–H groups in total. The predicted molar refractivity (Wildman–Crippen MR) is 79.0 cm³/mol. The van der Waals surface area contributed by atoms with Crippen LogP contribution in [0.3, 0.4) is 0 Å². The highest BCUT2D eigenvalue weighted by Crippen LogP contribution is 2.28. The Hall–Kier alpha value is -2.08. The van der Waals surface area contributed by atoms with E-state index in [2.05, 4.69) is 10.3 Å². The number of nitrogens with zero attached hydrogens (tertiary/aromatic N) is 1. The Balaban J connectivity index is 2.17. The molecule has 6 heteroatoms. The van der Waals surface area contributed by atoms with E-state index in [-0.39, 0.29) is 5.91 Å². The number of hydrogen-bond acceptors (Lipinski definition) is 5. The molecule has 20 heavy (non-hydrogen) atoms. The molecule has 5 nitrogen and oxygen atoms in total. The van der Waals surface area contributed by atoms with Crippen LogP contribution in [-0.4, -0.2) is 24.6 Å². The summed E-state index contributed by atoms with van der Waals surface area (Å²) in [7, 11) is 1.55. The Kier molecular flexibility index (Phi) is 4.57. The van der Waals surface area contributed by atoms with Gasteiger partial charge in [0.2, 0.25) is 0 Å². The summed E-state index contributed by atoms with van der Waals surface area (Å²) in [5, 5.41) is 5.22. The van der Waals surface area contributed by atoms with Gasteiger partial charge >= 0.3 is 0 Å². The van der Waals surface area contributed by atoms with Crippen molar-refractivity contribution < 1.29 is 14.3 Å². The topological polar surface area (TPSA) is 60.5 Å². The van der Waals surface area contributed by atoms with Crippen molar-refractivity contribution in [2.45, 2.75) is 13.8 Å². The average Bonchev–Trinajstić information content (AvgIpc) is 2.84. The van der Waals surface area contributed by atoms with Crippen molar-refractivity contribution in [2.24, 2.45) is 0 Å². The largest absolute Gasteiger partial charge is 0.493 e. The zero-order chi connectivity index (χ0) is 14.5. The number of rotatable bonds is 5. The highest BCUT2D eigenvalue weighted by Gasteiger charge is 2.12. The van der Waals surface area contributed by atoms with Gasteiger partial charge < -0.3 is 9.47 Å². The first-order valence-corrected chi connectivity index (χ1v) is 7.06. The number of carbonyl (C=O) groups excluding carboxylic acids is 1. The van der Waals surface area contributed by atoms with E-state index < -0.39 is 0 Å². The van der Waals surface area contributed by atoms with Crippen molar-refractivity contribution in [1.82, 2.24) is 4.98 Å². The van der Waals surface area contributed by atoms with Gasteiger partial charge in [-0.25, -0.2) is 4.98 Å². The summed E-state index contributed by atoms with van der Waals surface area (Å²) in [6.45, 7) is 4.32. The Morgan fingerprint density at radius 1 is 1.40 bits per heavy atom. The maximum absolute atomic E-state index is 12.1. The molecule has 1 aromatic carbocycles. The third-order valence-electron chi connectivity index (χ3n) is 2.57. The van der Waals surface area contributed by atoms with Gasteiger partial charge in [-0.15, -0.1) is 11.3 Å². The van der Waals surface area contributed by atoms with E-state index in [1.165, 1.54) is 11.3 Å². The molecule has 0 bridgehead atoms. The SMILES string of the molecule is CCOc1ccc(C(=O)Nc2nc(C)cs2)cc1OC. The van der Waals surface area contributed by atoms with E-state index in [1.54, 1.807) is 25.3 Å². The number of benzene rings is 1. The number of aromatic nitrogens is 1. The molecule has 1 heterocycles. The van der Waals surface area contributed by atoms with E-state index in [0.717, 1.165) is 5.69 Å². The van der Waals surface area contributed by atoms with Gasteiger partial charge in [-0.2, -0.15) is 0 Å². The lowest BCUT2D eigenvalue weighted by Gasteiger charge is -2.10. The van der Waals surface area contributed by atoms with Gasteiger partial charge in [-0.3, -0.25) is 10.1 Å². The van der Waals surface area contributed by atoms with Crippen molar-refractivity contribution in [3.8, 4) is 11.5 Å². The maximum Gasteiger partial charge on any atom is 0.257 e. The third kappa shape index (κ3) is 3.27. The van der Waals surface area contributed by atoms with Crippen LogP contribution in [0.5, 0.6) is 11.5 Å². The standard InChI is InChI=1S/C14H16N2O3S/c1-4-19-11-6-5-10(7-12(11)18-3)13(17)16-14-15-9(2)8-20-14/h5-8H,4H2,1-3H3,(H,15,16,17). The monoisotopic (exact) mass is 292 g/mol. The lowest BCUT2D eigenvalue weighted by molar-refractivity contribution is 0.102. The second-order valence-electron chi connectivity index (χ2n) is 4.05. The van der Waals surface area contributed by atoms with Gasteiger partial charge in [0, 0.05) is 10.9 Å². The van der Waals surface area contributed by atoms with Crippen LogP contribution in [-0.2, 0) is 0 Å². The van der Waals surface area contributed by atoms with Crippen LogP contribution in [0.25, 0.3) is 0 Å². The molecule has 1 aromatic heterocycles. The molecule has 0 saturated heterocycles.